The van der Waals surface area contributed by atoms with Crippen molar-refractivity contribution in [2.24, 2.45) is 4.99 Å². The third-order valence-electron chi connectivity index (χ3n) is 4.19. The van der Waals surface area contributed by atoms with Gasteiger partial charge in [0.1, 0.15) is 5.75 Å². The van der Waals surface area contributed by atoms with Gasteiger partial charge < -0.3 is 14.9 Å². The van der Waals surface area contributed by atoms with Gasteiger partial charge in [0.25, 0.3) is 0 Å². The average molecular weight is 354 g/mol. The van der Waals surface area contributed by atoms with Crippen LogP contribution in [0.5, 0.6) is 5.75 Å². The van der Waals surface area contributed by atoms with E-state index in [4.69, 9.17) is 0 Å². The van der Waals surface area contributed by atoms with E-state index in [1.165, 1.54) is 0 Å². The van der Waals surface area contributed by atoms with Crippen LogP contribution in [0.1, 0.15) is 22.4 Å². The van der Waals surface area contributed by atoms with E-state index in [9.17, 15) is 5.11 Å². The van der Waals surface area contributed by atoms with E-state index in [1.807, 2.05) is 57.5 Å². The molecule has 5 heteroatoms. The number of hydrogen-bond donors (Lipinski definition) is 1. The summed E-state index contributed by atoms with van der Waals surface area (Å²) in [5.74, 6) is 0.328. The van der Waals surface area contributed by atoms with Gasteiger partial charge in [0.05, 0.1) is 6.54 Å². The van der Waals surface area contributed by atoms with E-state index >= 15 is 0 Å². The summed E-state index contributed by atoms with van der Waals surface area (Å²) < 4.78 is 0. The van der Waals surface area contributed by atoms with Crippen LogP contribution in [0.25, 0.3) is 0 Å². The number of pyridine rings is 1. The van der Waals surface area contributed by atoms with Gasteiger partial charge in [0.2, 0.25) is 0 Å². The zero-order chi connectivity index (χ0) is 18.9. The Balaban J connectivity index is 1.99. The van der Waals surface area contributed by atoms with Gasteiger partial charge in [-0.25, -0.2) is 0 Å². The molecule has 0 aliphatic heterocycles. The molecule has 0 amide bonds. The molecule has 0 saturated heterocycles. The van der Waals surface area contributed by atoms with Crippen LogP contribution in [0.4, 0.5) is 0 Å². The fourth-order valence-electron chi connectivity index (χ4n) is 2.74. The molecule has 26 heavy (non-hydrogen) atoms. The maximum Gasteiger partial charge on any atom is 0.128 e. The van der Waals surface area contributed by atoms with E-state index < -0.39 is 0 Å². The molecule has 0 saturated carbocycles. The van der Waals surface area contributed by atoms with Gasteiger partial charge >= 0.3 is 0 Å². The summed E-state index contributed by atoms with van der Waals surface area (Å²) in [4.78, 5) is 13.1. The molecule has 0 bridgehead atoms. The molecule has 1 aromatic heterocycles. The van der Waals surface area contributed by atoms with Gasteiger partial charge in [-0.3, -0.25) is 9.98 Å². The Morgan fingerprint density at radius 1 is 1.15 bits per heavy atom. The zero-order valence-corrected chi connectivity index (χ0v) is 16.3. The minimum absolute atomic E-state index is 0.328. The number of phenols is 1. The highest BCUT2D eigenvalue weighted by Crippen LogP contribution is 2.24. The number of aromatic hydroxyl groups is 1. The Kier molecular flexibility index (Phi) is 7.75. The number of nitrogens with zero attached hydrogens (tertiary/aromatic N) is 4. The maximum atomic E-state index is 10.6. The van der Waals surface area contributed by atoms with Crippen LogP contribution < -0.4 is 0 Å². The van der Waals surface area contributed by atoms with E-state index in [0.29, 0.717) is 12.3 Å². The lowest BCUT2D eigenvalue weighted by atomic mass is 10.0. The topological polar surface area (TPSA) is 52.0 Å². The fourth-order valence-corrected chi connectivity index (χ4v) is 2.74. The second-order valence-electron chi connectivity index (χ2n) is 7.01. The van der Waals surface area contributed by atoms with Crippen molar-refractivity contribution in [2.45, 2.75) is 19.9 Å². The number of aryl methyl sites for hydroxylation is 1. The summed E-state index contributed by atoms with van der Waals surface area (Å²) in [6, 6.07) is 10.0. The molecule has 140 valence electrons. The molecule has 0 radical (unpaired) electrons. The van der Waals surface area contributed by atoms with E-state index in [-0.39, 0.29) is 0 Å². The van der Waals surface area contributed by atoms with Crippen molar-refractivity contribution in [2.75, 3.05) is 40.8 Å². The van der Waals surface area contributed by atoms with Crippen LogP contribution in [0.3, 0.4) is 0 Å². The van der Waals surface area contributed by atoms with Gasteiger partial charge in [-0.2, -0.15) is 0 Å². The third-order valence-corrected chi connectivity index (χ3v) is 4.19. The Morgan fingerprint density at radius 2 is 1.96 bits per heavy atom. The molecule has 0 fully saturated rings. The van der Waals surface area contributed by atoms with Crippen LogP contribution >= 0.6 is 0 Å². The lowest BCUT2D eigenvalue weighted by molar-refractivity contribution is 0.323. The van der Waals surface area contributed by atoms with Gasteiger partial charge in [-0.05, 0) is 51.8 Å². The molecule has 2 aromatic rings. The molecule has 0 unspecified atom stereocenters. The van der Waals surface area contributed by atoms with E-state index in [0.717, 1.165) is 48.4 Å². The highest BCUT2D eigenvalue weighted by Gasteiger charge is 2.10. The SMILES string of the molecule is Cc1cc(C=NCCN(C)C)c(O)c(CN(C)CCc2ccccn2)c1. The van der Waals surface area contributed by atoms with Gasteiger partial charge in [-0.15, -0.1) is 0 Å². The molecule has 1 aromatic carbocycles. The number of phenolic OH excluding ortho intramolecular Hbond substituents is 1. The van der Waals surface area contributed by atoms with Crippen LogP contribution in [0, 0.1) is 6.92 Å². The van der Waals surface area contributed by atoms with Crippen molar-refractivity contribution in [1.29, 1.82) is 0 Å². The number of benzene rings is 1. The van der Waals surface area contributed by atoms with Crippen molar-refractivity contribution in [1.82, 2.24) is 14.8 Å². The average Bonchev–Trinajstić information content (AvgIpc) is 2.61. The van der Waals surface area contributed by atoms with Gasteiger partial charge in [-0.1, -0.05) is 12.1 Å². The Hall–Kier alpha value is -2.24. The fraction of sp³-hybridized carbons (Fsp3) is 0.429. The minimum Gasteiger partial charge on any atom is -0.507 e. The molecule has 2 rings (SSSR count). The molecule has 0 aliphatic rings. The van der Waals surface area contributed by atoms with Crippen molar-refractivity contribution in [3.63, 3.8) is 0 Å². The van der Waals surface area contributed by atoms with Crippen molar-refractivity contribution in [3.05, 3.63) is 58.9 Å². The summed E-state index contributed by atoms with van der Waals surface area (Å²) in [6.07, 6.45) is 4.50. The number of likely N-dealkylation sites (N-methyl/N-ethyl adjacent to an activating group) is 2. The standard InChI is InChI=1S/C21H30N4O/c1-17-13-18(15-22-10-12-24(2)3)21(26)19(14-17)16-25(4)11-8-20-7-5-6-9-23-20/h5-7,9,13-15,26H,8,10-12,16H2,1-4H3. The largest absolute Gasteiger partial charge is 0.507 e. The quantitative estimate of drug-likeness (QED) is 0.704. The monoisotopic (exact) mass is 354 g/mol. The smallest absolute Gasteiger partial charge is 0.128 e. The molecule has 0 atom stereocenters. The van der Waals surface area contributed by atoms with Gasteiger partial charge in [0.15, 0.2) is 0 Å². The Labute approximate surface area is 157 Å². The highest BCUT2D eigenvalue weighted by atomic mass is 16.3. The third kappa shape index (κ3) is 6.58. The second-order valence-corrected chi connectivity index (χ2v) is 7.01. The normalized spacial score (nSPS) is 11.8. The predicted molar refractivity (Wildman–Crippen MR) is 108 cm³/mol. The summed E-state index contributed by atoms with van der Waals surface area (Å²) >= 11 is 0. The number of rotatable bonds is 9. The van der Waals surface area contributed by atoms with Crippen LogP contribution in [-0.4, -0.2) is 66.9 Å². The first-order valence-electron chi connectivity index (χ1n) is 9.01. The van der Waals surface area contributed by atoms with Crippen molar-refractivity contribution in [3.8, 4) is 5.75 Å². The zero-order valence-electron chi connectivity index (χ0n) is 16.3. The first-order valence-corrected chi connectivity index (χ1v) is 9.01. The highest BCUT2D eigenvalue weighted by molar-refractivity contribution is 5.84. The number of hydrogen-bond acceptors (Lipinski definition) is 5. The number of aromatic nitrogens is 1. The lowest BCUT2D eigenvalue weighted by Crippen LogP contribution is -2.21. The van der Waals surface area contributed by atoms with Gasteiger partial charge in [0, 0.05) is 55.3 Å². The molecule has 1 N–H and O–H groups in total. The Bertz CT molecular complexity index is 713. The first-order chi connectivity index (χ1) is 12.5. The van der Waals surface area contributed by atoms with Crippen LogP contribution in [0.15, 0.2) is 41.5 Å². The van der Waals surface area contributed by atoms with Crippen molar-refractivity contribution < 1.29 is 5.11 Å². The van der Waals surface area contributed by atoms with Crippen LogP contribution in [-0.2, 0) is 13.0 Å². The molecule has 5 nitrogen and oxygen atoms in total. The first kappa shape index (κ1) is 20.1. The Morgan fingerprint density at radius 3 is 2.65 bits per heavy atom. The second kappa shape index (κ2) is 10.0. The summed E-state index contributed by atoms with van der Waals surface area (Å²) in [6.45, 7) is 5.25. The van der Waals surface area contributed by atoms with E-state index in [2.05, 4.69) is 26.8 Å². The molecule has 1 heterocycles. The molecular formula is C21H30N4O. The number of aliphatic imine (C=N–C) groups is 1. The predicted octanol–water partition coefficient (Wildman–Crippen LogP) is 2.75. The molecule has 0 spiro atoms. The maximum absolute atomic E-state index is 10.6. The lowest BCUT2D eigenvalue weighted by Gasteiger charge is -2.18. The van der Waals surface area contributed by atoms with Crippen molar-refractivity contribution >= 4 is 6.21 Å². The summed E-state index contributed by atoms with van der Waals surface area (Å²) in [5.41, 5.74) is 3.94. The van der Waals surface area contributed by atoms with Crippen LogP contribution in [0.2, 0.25) is 0 Å². The molecule has 0 aliphatic carbocycles. The molecular weight excluding hydrogens is 324 g/mol. The minimum atomic E-state index is 0.328. The summed E-state index contributed by atoms with van der Waals surface area (Å²) in [5, 5.41) is 10.6. The van der Waals surface area contributed by atoms with E-state index in [1.54, 1.807) is 6.21 Å². The summed E-state index contributed by atoms with van der Waals surface area (Å²) in [7, 11) is 6.12.